The van der Waals surface area contributed by atoms with Crippen LogP contribution in [0.4, 0.5) is 0 Å². The second kappa shape index (κ2) is 6.78. The van der Waals surface area contributed by atoms with Gasteiger partial charge in [0.25, 0.3) is 0 Å². The van der Waals surface area contributed by atoms with Gasteiger partial charge < -0.3 is 10.1 Å². The fourth-order valence-electron chi connectivity index (χ4n) is 2.38. The van der Waals surface area contributed by atoms with Gasteiger partial charge in [-0.25, -0.2) is 0 Å². The SMILES string of the molecule is c1cc(SCC2CCCCO2)ccc1CNC1CC1. The van der Waals surface area contributed by atoms with Crippen molar-refractivity contribution in [1.82, 2.24) is 5.32 Å². The van der Waals surface area contributed by atoms with Crippen LogP contribution in [-0.4, -0.2) is 24.5 Å². The molecule has 1 unspecified atom stereocenters. The van der Waals surface area contributed by atoms with Crippen LogP contribution in [0.15, 0.2) is 29.2 Å². The maximum Gasteiger partial charge on any atom is 0.0669 e. The van der Waals surface area contributed by atoms with E-state index in [1.54, 1.807) is 0 Å². The summed E-state index contributed by atoms with van der Waals surface area (Å²) >= 11 is 1.93. The first-order valence-corrected chi connectivity index (χ1v) is 8.45. The number of benzene rings is 1. The lowest BCUT2D eigenvalue weighted by Gasteiger charge is -2.22. The van der Waals surface area contributed by atoms with Gasteiger partial charge in [-0.2, -0.15) is 0 Å². The number of hydrogen-bond donors (Lipinski definition) is 1. The van der Waals surface area contributed by atoms with E-state index in [0.29, 0.717) is 6.10 Å². The Morgan fingerprint density at radius 3 is 2.63 bits per heavy atom. The van der Waals surface area contributed by atoms with Gasteiger partial charge in [0.2, 0.25) is 0 Å². The van der Waals surface area contributed by atoms with Gasteiger partial charge in [-0.1, -0.05) is 12.1 Å². The summed E-state index contributed by atoms with van der Waals surface area (Å²) in [7, 11) is 0. The fourth-order valence-corrected chi connectivity index (χ4v) is 3.35. The molecule has 2 fully saturated rings. The van der Waals surface area contributed by atoms with Crippen molar-refractivity contribution in [3.63, 3.8) is 0 Å². The molecule has 1 atom stereocenters. The van der Waals surface area contributed by atoms with Gasteiger partial charge in [0.05, 0.1) is 6.10 Å². The van der Waals surface area contributed by atoms with Gasteiger partial charge in [-0.05, 0) is 49.8 Å². The average molecular weight is 277 g/mol. The van der Waals surface area contributed by atoms with Gasteiger partial charge in [0, 0.05) is 29.8 Å². The van der Waals surface area contributed by atoms with Crippen molar-refractivity contribution in [2.75, 3.05) is 12.4 Å². The molecular weight excluding hydrogens is 254 g/mol. The third-order valence-electron chi connectivity index (χ3n) is 3.81. The first kappa shape index (κ1) is 13.5. The summed E-state index contributed by atoms with van der Waals surface area (Å²) in [5.74, 6) is 1.10. The zero-order chi connectivity index (χ0) is 12.9. The molecular formula is C16H23NOS. The molecule has 1 aromatic carbocycles. The van der Waals surface area contributed by atoms with E-state index in [9.17, 15) is 0 Å². The average Bonchev–Trinajstić information content (AvgIpc) is 3.29. The van der Waals surface area contributed by atoms with Crippen LogP contribution in [0.2, 0.25) is 0 Å². The Bertz CT molecular complexity index is 382. The van der Waals surface area contributed by atoms with Crippen molar-refractivity contribution in [3.8, 4) is 0 Å². The summed E-state index contributed by atoms with van der Waals surface area (Å²) in [4.78, 5) is 1.37. The molecule has 1 saturated carbocycles. The molecule has 104 valence electrons. The lowest BCUT2D eigenvalue weighted by Crippen LogP contribution is -2.21. The van der Waals surface area contributed by atoms with E-state index in [0.717, 1.165) is 24.9 Å². The zero-order valence-electron chi connectivity index (χ0n) is 11.4. The summed E-state index contributed by atoms with van der Waals surface area (Å²) in [6, 6.07) is 9.78. The van der Waals surface area contributed by atoms with Crippen LogP contribution in [0.25, 0.3) is 0 Å². The van der Waals surface area contributed by atoms with Crippen molar-refractivity contribution >= 4 is 11.8 Å². The number of nitrogens with one attached hydrogen (secondary N) is 1. The van der Waals surface area contributed by atoms with Gasteiger partial charge in [-0.15, -0.1) is 11.8 Å². The van der Waals surface area contributed by atoms with Gasteiger partial charge in [0.1, 0.15) is 0 Å². The maximum atomic E-state index is 5.76. The third kappa shape index (κ3) is 4.51. The Balaban J connectivity index is 1.42. The predicted octanol–water partition coefficient (Wildman–Crippen LogP) is 3.60. The molecule has 3 rings (SSSR count). The highest BCUT2D eigenvalue weighted by Gasteiger charge is 2.19. The quantitative estimate of drug-likeness (QED) is 0.803. The van der Waals surface area contributed by atoms with Gasteiger partial charge in [-0.3, -0.25) is 0 Å². The van der Waals surface area contributed by atoms with E-state index in [2.05, 4.69) is 29.6 Å². The van der Waals surface area contributed by atoms with E-state index in [4.69, 9.17) is 4.74 Å². The van der Waals surface area contributed by atoms with Crippen molar-refractivity contribution in [1.29, 1.82) is 0 Å². The standard InChI is InChI=1S/C16H23NOS/c1-2-10-18-15(3-1)12-19-16-8-4-13(5-9-16)11-17-14-6-7-14/h4-5,8-9,14-15,17H,1-3,6-7,10-12H2. The first-order chi connectivity index (χ1) is 9.40. The molecule has 1 heterocycles. The second-order valence-electron chi connectivity index (χ2n) is 5.60. The Hall–Kier alpha value is -0.510. The van der Waals surface area contributed by atoms with Crippen molar-refractivity contribution in [2.45, 2.75) is 55.7 Å². The summed E-state index contributed by atoms with van der Waals surface area (Å²) in [6.45, 7) is 1.97. The molecule has 1 aliphatic heterocycles. The highest BCUT2D eigenvalue weighted by molar-refractivity contribution is 7.99. The molecule has 0 bridgehead atoms. The molecule has 1 saturated heterocycles. The van der Waals surface area contributed by atoms with Crippen molar-refractivity contribution in [2.24, 2.45) is 0 Å². The summed E-state index contributed by atoms with van der Waals surface area (Å²) < 4.78 is 5.76. The normalized spacial score (nSPS) is 23.5. The van der Waals surface area contributed by atoms with Crippen LogP contribution >= 0.6 is 11.8 Å². The van der Waals surface area contributed by atoms with E-state index in [-0.39, 0.29) is 0 Å². The number of thioether (sulfide) groups is 1. The second-order valence-corrected chi connectivity index (χ2v) is 6.69. The van der Waals surface area contributed by atoms with E-state index in [1.807, 2.05) is 11.8 Å². The monoisotopic (exact) mass is 277 g/mol. The molecule has 0 radical (unpaired) electrons. The summed E-state index contributed by atoms with van der Waals surface area (Å²) in [5.41, 5.74) is 1.39. The molecule has 0 amide bonds. The molecule has 3 heteroatoms. The van der Waals surface area contributed by atoms with Crippen molar-refractivity contribution < 1.29 is 4.74 Å². The van der Waals surface area contributed by atoms with Crippen LogP contribution in [0, 0.1) is 0 Å². The number of ether oxygens (including phenoxy) is 1. The molecule has 1 N–H and O–H groups in total. The predicted molar refractivity (Wildman–Crippen MR) is 80.6 cm³/mol. The molecule has 19 heavy (non-hydrogen) atoms. The van der Waals surface area contributed by atoms with Crippen LogP contribution in [0.5, 0.6) is 0 Å². The van der Waals surface area contributed by atoms with Crippen LogP contribution < -0.4 is 5.32 Å². The van der Waals surface area contributed by atoms with E-state index in [1.165, 1.54) is 42.6 Å². The lowest BCUT2D eigenvalue weighted by atomic mass is 10.1. The minimum atomic E-state index is 0.468. The van der Waals surface area contributed by atoms with Crippen molar-refractivity contribution in [3.05, 3.63) is 29.8 Å². The zero-order valence-corrected chi connectivity index (χ0v) is 12.3. The largest absolute Gasteiger partial charge is 0.377 e. The topological polar surface area (TPSA) is 21.3 Å². The molecule has 0 spiro atoms. The molecule has 1 aromatic rings. The van der Waals surface area contributed by atoms with Crippen LogP contribution in [0.1, 0.15) is 37.7 Å². The molecule has 1 aliphatic carbocycles. The minimum absolute atomic E-state index is 0.468. The van der Waals surface area contributed by atoms with Gasteiger partial charge >= 0.3 is 0 Å². The Labute approximate surface area is 120 Å². The first-order valence-electron chi connectivity index (χ1n) is 7.47. The number of rotatable bonds is 6. The van der Waals surface area contributed by atoms with E-state index >= 15 is 0 Å². The summed E-state index contributed by atoms with van der Waals surface area (Å²) in [5, 5.41) is 3.55. The van der Waals surface area contributed by atoms with E-state index < -0.39 is 0 Å². The third-order valence-corrected chi connectivity index (χ3v) is 4.95. The lowest BCUT2D eigenvalue weighted by molar-refractivity contribution is 0.0315. The fraction of sp³-hybridized carbons (Fsp3) is 0.625. The van der Waals surface area contributed by atoms with Crippen LogP contribution in [-0.2, 0) is 11.3 Å². The molecule has 2 aliphatic rings. The highest BCUT2D eigenvalue weighted by atomic mass is 32.2. The Kier molecular flexibility index (Phi) is 4.81. The molecule has 2 nitrogen and oxygen atoms in total. The smallest absolute Gasteiger partial charge is 0.0669 e. The Morgan fingerprint density at radius 1 is 1.11 bits per heavy atom. The summed E-state index contributed by atoms with van der Waals surface area (Å²) in [6.07, 6.45) is 6.98. The maximum absolute atomic E-state index is 5.76. The Morgan fingerprint density at radius 2 is 1.95 bits per heavy atom. The molecule has 0 aromatic heterocycles. The highest BCUT2D eigenvalue weighted by Crippen LogP contribution is 2.24. The van der Waals surface area contributed by atoms with Crippen LogP contribution in [0.3, 0.4) is 0 Å². The van der Waals surface area contributed by atoms with Gasteiger partial charge in [0.15, 0.2) is 0 Å². The minimum Gasteiger partial charge on any atom is -0.377 e. The number of hydrogen-bond acceptors (Lipinski definition) is 3.